The lowest BCUT2D eigenvalue weighted by molar-refractivity contribution is -0.132. The molecular weight excluding hydrogens is 249 g/mol. The number of carbonyl (C=O) groups excluding carboxylic acids is 2. The van der Waals surface area contributed by atoms with Crippen molar-refractivity contribution in [3.63, 3.8) is 0 Å². The minimum Gasteiger partial charge on any atom is -0.273 e. The quantitative estimate of drug-likeness (QED) is 0.536. The number of hydrogen-bond donors (Lipinski definition) is 0. The van der Waals surface area contributed by atoms with Crippen molar-refractivity contribution in [3.8, 4) is 0 Å². The highest BCUT2D eigenvalue weighted by Gasteiger charge is 2.40. The molecule has 1 rings (SSSR count). The van der Waals surface area contributed by atoms with Gasteiger partial charge in [0.25, 0.3) is 0 Å². The molecule has 0 bridgehead atoms. The van der Waals surface area contributed by atoms with Gasteiger partial charge in [-0.1, -0.05) is 3.89 Å². The number of nitrogens with zero attached hydrogens (tertiary/aromatic N) is 1. The van der Waals surface area contributed by atoms with Crippen LogP contribution in [0.5, 0.6) is 0 Å². The first-order chi connectivity index (χ1) is 6.63. The van der Waals surface area contributed by atoms with Gasteiger partial charge < -0.3 is 0 Å². The second-order valence-electron chi connectivity index (χ2n) is 3.22. The van der Waals surface area contributed by atoms with E-state index in [2.05, 4.69) is 3.63 Å². The van der Waals surface area contributed by atoms with Crippen molar-refractivity contribution in [2.75, 3.05) is 12.5 Å². The standard InChI is InChI=1S/C6H10FNO5S2/c1-14(2,13-15(7,11)12)8-5(9)3-4-6(8)10/h3-4H2,1-2H3. The summed E-state index contributed by atoms with van der Waals surface area (Å²) in [7, 11) is -7.92. The molecule has 1 saturated heterocycles. The van der Waals surface area contributed by atoms with E-state index in [1.165, 1.54) is 12.5 Å². The molecule has 0 unspecified atom stereocenters. The fourth-order valence-electron chi connectivity index (χ4n) is 1.28. The summed E-state index contributed by atoms with van der Waals surface area (Å²) in [6, 6.07) is 0. The van der Waals surface area contributed by atoms with Crippen molar-refractivity contribution in [2.45, 2.75) is 12.8 Å². The van der Waals surface area contributed by atoms with Crippen molar-refractivity contribution >= 4 is 32.8 Å². The number of imide groups is 1. The van der Waals surface area contributed by atoms with Gasteiger partial charge in [-0.15, -0.1) is 0 Å². The van der Waals surface area contributed by atoms with Crippen molar-refractivity contribution in [3.05, 3.63) is 0 Å². The molecule has 9 heteroatoms. The third-order valence-corrected chi connectivity index (χ3v) is 4.96. The Bertz CT molecular complexity index is 388. The molecule has 1 heterocycles. The third kappa shape index (κ3) is 2.89. The fraction of sp³-hybridized carbons (Fsp3) is 0.667. The minimum atomic E-state index is -5.18. The van der Waals surface area contributed by atoms with Gasteiger partial charge >= 0.3 is 10.5 Å². The van der Waals surface area contributed by atoms with Crippen LogP contribution < -0.4 is 0 Å². The number of halogens is 1. The molecule has 0 saturated carbocycles. The highest BCUT2D eigenvalue weighted by molar-refractivity contribution is 8.30. The number of carbonyl (C=O) groups is 2. The molecule has 0 N–H and O–H groups in total. The Kier molecular flexibility index (Phi) is 3.08. The molecule has 0 aromatic rings. The molecule has 0 atom stereocenters. The summed E-state index contributed by atoms with van der Waals surface area (Å²) in [5.74, 6) is -1.08. The van der Waals surface area contributed by atoms with Crippen molar-refractivity contribution in [1.82, 2.24) is 4.31 Å². The lowest BCUT2D eigenvalue weighted by atomic mass is 10.4. The maximum absolute atomic E-state index is 12.3. The van der Waals surface area contributed by atoms with Crippen molar-refractivity contribution in [2.24, 2.45) is 0 Å². The Balaban J connectivity index is 2.95. The van der Waals surface area contributed by atoms with E-state index in [0.29, 0.717) is 4.31 Å². The average molecular weight is 259 g/mol. The smallest absolute Gasteiger partial charge is 0.273 e. The van der Waals surface area contributed by atoms with Crippen LogP contribution in [0.1, 0.15) is 12.8 Å². The monoisotopic (exact) mass is 259 g/mol. The molecule has 1 aliphatic heterocycles. The predicted octanol–water partition coefficient (Wildman–Crippen LogP) is 0.260. The van der Waals surface area contributed by atoms with Gasteiger partial charge in [-0.25, -0.2) is 4.31 Å². The van der Waals surface area contributed by atoms with Gasteiger partial charge in [0.15, 0.2) is 0 Å². The summed E-state index contributed by atoms with van der Waals surface area (Å²) in [5.41, 5.74) is 0. The SMILES string of the molecule is CS(C)(OS(=O)(=O)F)N1C(=O)CCC1=O. The molecule has 2 amide bonds. The maximum Gasteiger partial charge on any atom is 0.448 e. The van der Waals surface area contributed by atoms with E-state index >= 15 is 0 Å². The minimum absolute atomic E-state index is 0.00492. The highest BCUT2D eigenvalue weighted by Crippen LogP contribution is 2.49. The average Bonchev–Trinajstić information content (AvgIpc) is 2.25. The third-order valence-electron chi connectivity index (χ3n) is 1.69. The maximum atomic E-state index is 12.3. The molecule has 88 valence electrons. The van der Waals surface area contributed by atoms with E-state index in [1.54, 1.807) is 0 Å². The molecule has 15 heavy (non-hydrogen) atoms. The Labute approximate surface area is 88.5 Å². The van der Waals surface area contributed by atoms with Gasteiger partial charge in [0.1, 0.15) is 0 Å². The van der Waals surface area contributed by atoms with Crippen LogP contribution in [0.3, 0.4) is 0 Å². The zero-order valence-corrected chi connectivity index (χ0v) is 9.73. The molecule has 0 spiro atoms. The lowest BCUT2D eigenvalue weighted by Crippen LogP contribution is -2.33. The molecule has 1 fully saturated rings. The Morgan fingerprint density at radius 2 is 1.60 bits per heavy atom. The van der Waals surface area contributed by atoms with Crippen LogP contribution in [0.25, 0.3) is 0 Å². The van der Waals surface area contributed by atoms with Gasteiger partial charge in [-0.05, 0) is 10.5 Å². The van der Waals surface area contributed by atoms with Crippen molar-refractivity contribution in [1.29, 1.82) is 0 Å². The summed E-state index contributed by atoms with van der Waals surface area (Å²) in [5, 5.41) is 0. The highest BCUT2D eigenvalue weighted by atomic mass is 32.3. The number of rotatable bonds is 3. The Hall–Kier alpha value is -0.670. The van der Waals surface area contributed by atoms with Gasteiger partial charge in [-0.3, -0.25) is 9.59 Å². The summed E-state index contributed by atoms with van der Waals surface area (Å²) < 4.78 is 37.7. The summed E-state index contributed by atoms with van der Waals surface area (Å²) in [4.78, 5) is 22.5. The van der Waals surface area contributed by atoms with Gasteiger partial charge in [0.05, 0.1) is 0 Å². The first kappa shape index (κ1) is 12.4. The van der Waals surface area contributed by atoms with Gasteiger partial charge in [0.2, 0.25) is 11.8 Å². The summed E-state index contributed by atoms with van der Waals surface area (Å²) in [6.07, 6.45) is 2.44. The van der Waals surface area contributed by atoms with Crippen LogP contribution in [-0.2, 0) is 23.7 Å². The van der Waals surface area contributed by atoms with Gasteiger partial charge in [0, 0.05) is 25.4 Å². The number of amides is 2. The Morgan fingerprint density at radius 1 is 1.20 bits per heavy atom. The first-order valence-electron chi connectivity index (χ1n) is 3.88. The topological polar surface area (TPSA) is 80.8 Å². The van der Waals surface area contributed by atoms with Crippen LogP contribution in [0.4, 0.5) is 3.89 Å². The fourth-order valence-corrected chi connectivity index (χ4v) is 4.27. The Morgan fingerprint density at radius 3 is 1.93 bits per heavy atom. The van der Waals surface area contributed by atoms with E-state index in [9.17, 15) is 21.9 Å². The normalized spacial score (nSPS) is 19.8. The van der Waals surface area contributed by atoms with E-state index in [-0.39, 0.29) is 12.8 Å². The van der Waals surface area contributed by atoms with Crippen LogP contribution in [0.2, 0.25) is 0 Å². The number of hydrogen-bond acceptors (Lipinski definition) is 5. The van der Waals surface area contributed by atoms with Gasteiger partial charge in [-0.2, -0.15) is 12.0 Å². The van der Waals surface area contributed by atoms with Crippen LogP contribution in [0, 0.1) is 0 Å². The molecule has 0 aromatic heterocycles. The second-order valence-corrected chi connectivity index (χ2v) is 7.28. The molecule has 6 nitrogen and oxygen atoms in total. The van der Waals surface area contributed by atoms with Crippen LogP contribution >= 0.6 is 10.5 Å². The lowest BCUT2D eigenvalue weighted by Gasteiger charge is -2.35. The molecule has 0 aliphatic carbocycles. The van der Waals surface area contributed by atoms with E-state index in [4.69, 9.17) is 0 Å². The largest absolute Gasteiger partial charge is 0.448 e. The van der Waals surface area contributed by atoms with E-state index < -0.39 is 32.8 Å². The molecule has 1 aliphatic rings. The van der Waals surface area contributed by atoms with E-state index in [1.807, 2.05) is 0 Å². The predicted molar refractivity (Wildman–Crippen MR) is 51.6 cm³/mol. The van der Waals surface area contributed by atoms with Crippen LogP contribution in [-0.4, -0.2) is 37.0 Å². The van der Waals surface area contributed by atoms with Crippen LogP contribution in [0.15, 0.2) is 0 Å². The van der Waals surface area contributed by atoms with E-state index in [0.717, 1.165) is 0 Å². The second kappa shape index (κ2) is 3.72. The first-order valence-corrected chi connectivity index (χ1v) is 7.52. The molecular formula is C6H10FNO5S2. The summed E-state index contributed by atoms with van der Waals surface area (Å²) >= 11 is 0. The zero-order chi connectivity index (χ0) is 11.9. The zero-order valence-electron chi connectivity index (χ0n) is 8.10. The summed E-state index contributed by atoms with van der Waals surface area (Å²) in [6.45, 7) is 0. The molecule has 0 aromatic carbocycles. The molecule has 0 radical (unpaired) electrons. The van der Waals surface area contributed by atoms with Crippen molar-refractivity contribution < 1.29 is 25.5 Å².